The van der Waals surface area contributed by atoms with Gasteiger partial charge in [0.2, 0.25) is 0 Å². The van der Waals surface area contributed by atoms with Gasteiger partial charge in [0, 0.05) is 11.8 Å². The first-order valence-corrected chi connectivity index (χ1v) is 5.34. The van der Waals surface area contributed by atoms with Gasteiger partial charge in [-0.1, -0.05) is 12.1 Å². The lowest BCUT2D eigenvalue weighted by atomic mass is 10.0. The van der Waals surface area contributed by atoms with Crippen LogP contribution in [0.15, 0.2) is 30.6 Å². The molecule has 4 heteroatoms. The number of nitriles is 1. The summed E-state index contributed by atoms with van der Waals surface area (Å²) in [6, 6.07) is 7.95. The van der Waals surface area contributed by atoms with E-state index in [1.54, 1.807) is 10.9 Å². The topological polar surface area (TPSA) is 61.8 Å². The summed E-state index contributed by atoms with van der Waals surface area (Å²) in [7, 11) is 0. The van der Waals surface area contributed by atoms with Crippen molar-refractivity contribution in [3.8, 4) is 17.2 Å². The quantitative estimate of drug-likeness (QED) is 0.870. The van der Waals surface area contributed by atoms with Crippen LogP contribution in [0, 0.1) is 18.3 Å². The fraction of sp³-hybridized carbons (Fsp3) is 0.231. The van der Waals surface area contributed by atoms with Crippen molar-refractivity contribution < 1.29 is 5.11 Å². The van der Waals surface area contributed by atoms with E-state index in [1.165, 1.54) is 0 Å². The molecule has 0 unspecified atom stereocenters. The molecular weight excluding hydrogens is 214 g/mol. The van der Waals surface area contributed by atoms with E-state index in [0.717, 1.165) is 22.3 Å². The largest absolute Gasteiger partial charge is 0.392 e. The molecule has 0 saturated carbocycles. The van der Waals surface area contributed by atoms with Crippen LogP contribution in [0.4, 0.5) is 0 Å². The monoisotopic (exact) mass is 227 g/mol. The molecule has 4 nitrogen and oxygen atoms in total. The molecule has 0 aliphatic rings. The Bertz CT molecular complexity index is 566. The summed E-state index contributed by atoms with van der Waals surface area (Å²) in [5, 5.41) is 21.9. The fourth-order valence-corrected chi connectivity index (χ4v) is 1.69. The van der Waals surface area contributed by atoms with Gasteiger partial charge in [-0.3, -0.25) is 4.68 Å². The Labute approximate surface area is 99.7 Å². The van der Waals surface area contributed by atoms with Gasteiger partial charge in [0.1, 0.15) is 6.54 Å². The van der Waals surface area contributed by atoms with Crippen molar-refractivity contribution in [1.29, 1.82) is 5.26 Å². The van der Waals surface area contributed by atoms with Crippen LogP contribution in [0.25, 0.3) is 11.1 Å². The number of nitrogens with zero attached hydrogens (tertiary/aromatic N) is 3. The van der Waals surface area contributed by atoms with E-state index >= 15 is 0 Å². The SMILES string of the molecule is Cc1ccc(-c2cnn(CC#N)c2)cc1CO. The van der Waals surface area contributed by atoms with Gasteiger partial charge >= 0.3 is 0 Å². The number of aliphatic hydroxyl groups is 1. The maximum Gasteiger partial charge on any atom is 0.128 e. The highest BCUT2D eigenvalue weighted by Gasteiger charge is 2.04. The first kappa shape index (κ1) is 11.4. The molecule has 86 valence electrons. The number of aliphatic hydroxyl groups excluding tert-OH is 1. The second kappa shape index (κ2) is 4.81. The first-order chi connectivity index (χ1) is 8.24. The van der Waals surface area contributed by atoms with Crippen molar-refractivity contribution in [2.24, 2.45) is 0 Å². The summed E-state index contributed by atoms with van der Waals surface area (Å²) >= 11 is 0. The van der Waals surface area contributed by atoms with E-state index in [2.05, 4.69) is 5.10 Å². The van der Waals surface area contributed by atoms with E-state index in [4.69, 9.17) is 5.26 Å². The normalized spacial score (nSPS) is 10.2. The highest BCUT2D eigenvalue weighted by Crippen LogP contribution is 2.21. The van der Waals surface area contributed by atoms with Gasteiger partial charge in [0.05, 0.1) is 18.9 Å². The van der Waals surface area contributed by atoms with E-state index in [1.807, 2.05) is 37.4 Å². The molecule has 2 rings (SSSR count). The molecule has 1 N–H and O–H groups in total. The molecule has 0 atom stereocenters. The van der Waals surface area contributed by atoms with E-state index < -0.39 is 0 Å². The number of hydrogen-bond donors (Lipinski definition) is 1. The third-order valence-electron chi connectivity index (χ3n) is 2.72. The number of hydrogen-bond acceptors (Lipinski definition) is 3. The number of rotatable bonds is 3. The lowest BCUT2D eigenvalue weighted by Gasteiger charge is -2.04. The predicted octanol–water partition coefficient (Wildman–Crippen LogP) is 1.87. The second-order valence-corrected chi connectivity index (χ2v) is 3.88. The summed E-state index contributed by atoms with van der Waals surface area (Å²) in [5.74, 6) is 0. The maximum absolute atomic E-state index is 9.22. The molecule has 0 aliphatic carbocycles. The Balaban J connectivity index is 2.36. The standard InChI is InChI=1S/C13H13N3O/c1-10-2-3-11(6-12(10)9-17)13-7-15-16(8-13)5-4-14/h2-3,6-8,17H,5,9H2,1H3. The van der Waals surface area contributed by atoms with Crippen molar-refractivity contribution in [2.75, 3.05) is 0 Å². The van der Waals surface area contributed by atoms with Gasteiger partial charge in [-0.2, -0.15) is 10.4 Å². The van der Waals surface area contributed by atoms with Crippen LogP contribution in [-0.2, 0) is 13.2 Å². The highest BCUT2D eigenvalue weighted by molar-refractivity contribution is 5.63. The number of benzene rings is 1. The second-order valence-electron chi connectivity index (χ2n) is 3.88. The van der Waals surface area contributed by atoms with Gasteiger partial charge in [-0.25, -0.2) is 0 Å². The fourth-order valence-electron chi connectivity index (χ4n) is 1.69. The zero-order chi connectivity index (χ0) is 12.3. The lowest BCUT2D eigenvalue weighted by Crippen LogP contribution is -1.94. The minimum atomic E-state index is 0.0337. The predicted molar refractivity (Wildman–Crippen MR) is 63.9 cm³/mol. The molecule has 1 heterocycles. The van der Waals surface area contributed by atoms with Crippen molar-refractivity contribution in [2.45, 2.75) is 20.1 Å². The van der Waals surface area contributed by atoms with E-state index in [9.17, 15) is 5.11 Å². The highest BCUT2D eigenvalue weighted by atomic mass is 16.3. The van der Waals surface area contributed by atoms with Crippen molar-refractivity contribution in [3.63, 3.8) is 0 Å². The van der Waals surface area contributed by atoms with E-state index in [-0.39, 0.29) is 13.2 Å². The van der Waals surface area contributed by atoms with Gasteiger partial charge in [0.15, 0.2) is 0 Å². The summed E-state index contributed by atoms with van der Waals surface area (Å²) in [6.45, 7) is 2.25. The van der Waals surface area contributed by atoms with Crippen molar-refractivity contribution in [1.82, 2.24) is 9.78 Å². The first-order valence-electron chi connectivity index (χ1n) is 5.34. The van der Waals surface area contributed by atoms with Gasteiger partial charge in [0.25, 0.3) is 0 Å². The van der Waals surface area contributed by atoms with Gasteiger partial charge < -0.3 is 5.11 Å². The van der Waals surface area contributed by atoms with Crippen molar-refractivity contribution in [3.05, 3.63) is 41.7 Å². The van der Waals surface area contributed by atoms with Crippen LogP contribution in [0.3, 0.4) is 0 Å². The Kier molecular flexibility index (Phi) is 3.22. The minimum absolute atomic E-state index is 0.0337. The molecule has 17 heavy (non-hydrogen) atoms. The zero-order valence-electron chi connectivity index (χ0n) is 9.59. The Morgan fingerprint density at radius 1 is 1.41 bits per heavy atom. The molecule has 1 aromatic heterocycles. The van der Waals surface area contributed by atoms with Gasteiger partial charge in [-0.05, 0) is 29.7 Å². The summed E-state index contributed by atoms with van der Waals surface area (Å²) in [4.78, 5) is 0. The van der Waals surface area contributed by atoms with Crippen molar-refractivity contribution >= 4 is 0 Å². The summed E-state index contributed by atoms with van der Waals surface area (Å²) in [6.07, 6.45) is 3.55. The van der Waals surface area contributed by atoms with Crippen LogP contribution in [0.2, 0.25) is 0 Å². The Morgan fingerprint density at radius 2 is 2.24 bits per heavy atom. The Hall–Kier alpha value is -2.12. The number of aryl methyl sites for hydroxylation is 1. The smallest absolute Gasteiger partial charge is 0.128 e. The zero-order valence-corrected chi connectivity index (χ0v) is 9.59. The summed E-state index contributed by atoms with van der Waals surface area (Å²) < 4.78 is 1.59. The molecule has 0 amide bonds. The third kappa shape index (κ3) is 2.35. The van der Waals surface area contributed by atoms with Crippen LogP contribution >= 0.6 is 0 Å². The van der Waals surface area contributed by atoms with Gasteiger partial charge in [-0.15, -0.1) is 0 Å². The molecular formula is C13H13N3O. The summed E-state index contributed by atoms with van der Waals surface area (Å²) in [5.41, 5.74) is 3.94. The molecule has 0 aliphatic heterocycles. The molecule has 2 aromatic rings. The maximum atomic E-state index is 9.22. The lowest BCUT2D eigenvalue weighted by molar-refractivity contribution is 0.281. The Morgan fingerprint density at radius 3 is 2.94 bits per heavy atom. The molecule has 0 saturated heterocycles. The van der Waals surface area contributed by atoms with Crippen LogP contribution in [0.1, 0.15) is 11.1 Å². The molecule has 0 fully saturated rings. The van der Waals surface area contributed by atoms with E-state index in [0.29, 0.717) is 0 Å². The minimum Gasteiger partial charge on any atom is -0.392 e. The average molecular weight is 227 g/mol. The molecule has 0 spiro atoms. The van der Waals surface area contributed by atoms with Crippen LogP contribution < -0.4 is 0 Å². The number of aromatic nitrogens is 2. The third-order valence-corrected chi connectivity index (χ3v) is 2.72. The molecule has 0 bridgehead atoms. The molecule has 0 radical (unpaired) electrons. The van der Waals surface area contributed by atoms with Crippen LogP contribution in [0.5, 0.6) is 0 Å². The molecule has 1 aromatic carbocycles. The van der Waals surface area contributed by atoms with Crippen LogP contribution in [-0.4, -0.2) is 14.9 Å². The average Bonchev–Trinajstić information content (AvgIpc) is 2.79.